The SMILES string of the molecule is COC[C@H]1C[C@@H](c2ncc(-c3ccc4c(c3)COc3cc5c(ccc6nc([C@@H]7CCCN7C(=O)[C@H](NC(=O)OC)c7ccccc7)[nH]c65)cc3-4)[nH]2)N(C(=O)[C@@H](NOC)[C@@H](C)OC)C1. The molecule has 0 saturated carbocycles. The quantitative estimate of drug-likeness (QED) is 0.0928. The highest BCUT2D eigenvalue weighted by Crippen LogP contribution is 2.44. The number of carbonyl (C=O) groups excluding carboxylic acids is 3. The molecule has 0 radical (unpaired) electrons. The van der Waals surface area contributed by atoms with Crippen LogP contribution in [0.3, 0.4) is 0 Å². The fraction of sp³-hybridized carbons (Fsp3) is 0.383. The number of rotatable bonds is 13. The summed E-state index contributed by atoms with van der Waals surface area (Å²) in [5.74, 6) is 1.97. The lowest BCUT2D eigenvalue weighted by atomic mass is 9.92. The summed E-state index contributed by atoms with van der Waals surface area (Å²) in [5.41, 5.74) is 10.1. The van der Waals surface area contributed by atoms with E-state index in [1.54, 1.807) is 19.1 Å². The lowest BCUT2D eigenvalue weighted by molar-refractivity contribution is -0.143. The van der Waals surface area contributed by atoms with E-state index in [1.807, 2.05) is 54.4 Å². The van der Waals surface area contributed by atoms with Crippen LogP contribution in [0.1, 0.15) is 67.1 Å². The number of fused-ring (bicyclic) bond motifs is 6. The van der Waals surface area contributed by atoms with Crippen molar-refractivity contribution in [1.82, 2.24) is 40.5 Å². The van der Waals surface area contributed by atoms with Gasteiger partial charge in [0.1, 0.15) is 36.1 Å². The van der Waals surface area contributed by atoms with Gasteiger partial charge in [-0.3, -0.25) is 9.59 Å². The Bertz CT molecular complexity index is 2650. The normalized spacial score (nSPS) is 19.7. The van der Waals surface area contributed by atoms with E-state index in [4.69, 9.17) is 33.8 Å². The highest BCUT2D eigenvalue weighted by molar-refractivity contribution is 6.07. The van der Waals surface area contributed by atoms with Crippen molar-refractivity contribution in [3.8, 4) is 28.1 Å². The van der Waals surface area contributed by atoms with Gasteiger partial charge in [0.25, 0.3) is 5.91 Å². The standard InChI is InChI=1S/C47H52N8O8/c1-26(60-3)40(53-62-5)45(56)55-23-27(24-59-2)18-38(55)43-48-22-36(50-43)30-13-15-32-31(19-30)25-63-39-21-33-29(20-34(32)39)14-16-35-42(33)51-44(49-35)37-12-9-17-54(37)46(57)41(52-47(58)61-4)28-10-7-6-8-11-28/h6-8,10-11,13-16,19-22,26-27,37-38,40-41,53H,9,12,17-18,23-25H2,1-5H3,(H,48,50)(H,49,51)(H,52,58)/t26-,27+,37+,38+,40+,41-/m1/s1. The summed E-state index contributed by atoms with van der Waals surface area (Å²) in [4.78, 5) is 66.1. The van der Waals surface area contributed by atoms with Crippen LogP contribution in [0.4, 0.5) is 4.79 Å². The predicted octanol–water partition coefficient (Wildman–Crippen LogP) is 6.52. The molecular formula is C47H52N8O8. The van der Waals surface area contributed by atoms with Crippen LogP contribution in [0.5, 0.6) is 5.75 Å². The van der Waals surface area contributed by atoms with Gasteiger partial charge in [-0.05, 0) is 78.1 Å². The maximum Gasteiger partial charge on any atom is 0.407 e. The molecule has 6 atom stereocenters. The Morgan fingerprint density at radius 3 is 2.54 bits per heavy atom. The summed E-state index contributed by atoms with van der Waals surface area (Å²) in [5, 5.41) is 4.72. The van der Waals surface area contributed by atoms with E-state index in [-0.39, 0.29) is 29.8 Å². The lowest BCUT2D eigenvalue weighted by Gasteiger charge is -2.30. The summed E-state index contributed by atoms with van der Waals surface area (Å²) < 4.78 is 22.3. The fourth-order valence-corrected chi connectivity index (χ4v) is 9.45. The van der Waals surface area contributed by atoms with Crippen LogP contribution in [0.25, 0.3) is 44.2 Å². The molecule has 0 aliphatic carbocycles. The van der Waals surface area contributed by atoms with Crippen molar-refractivity contribution in [1.29, 1.82) is 0 Å². The monoisotopic (exact) mass is 856 g/mol. The number of H-pyrrole nitrogens is 2. The molecule has 6 aromatic rings. The highest BCUT2D eigenvalue weighted by Gasteiger charge is 2.42. The Labute approximate surface area is 364 Å². The smallest absolute Gasteiger partial charge is 0.407 e. The second-order valence-corrected chi connectivity index (χ2v) is 16.5. The first-order valence-electron chi connectivity index (χ1n) is 21.3. The molecule has 0 bridgehead atoms. The number of hydroxylamine groups is 1. The van der Waals surface area contributed by atoms with Gasteiger partial charge in [0, 0.05) is 44.2 Å². The number of hydrogen-bond acceptors (Lipinski definition) is 11. The Hall–Kier alpha value is -6.33. The molecule has 2 fully saturated rings. The van der Waals surface area contributed by atoms with E-state index in [0.29, 0.717) is 49.9 Å². The third-order valence-electron chi connectivity index (χ3n) is 12.7. The van der Waals surface area contributed by atoms with Gasteiger partial charge in [-0.25, -0.2) is 14.8 Å². The molecule has 4 aromatic carbocycles. The second-order valence-electron chi connectivity index (χ2n) is 16.5. The molecule has 4 N–H and O–H groups in total. The van der Waals surface area contributed by atoms with Gasteiger partial charge in [-0.2, -0.15) is 5.48 Å². The number of carbonyl (C=O) groups is 3. The van der Waals surface area contributed by atoms with E-state index >= 15 is 0 Å². The molecule has 0 spiro atoms. The van der Waals surface area contributed by atoms with Crippen molar-refractivity contribution in [2.24, 2.45) is 5.92 Å². The minimum absolute atomic E-state index is 0.130. The summed E-state index contributed by atoms with van der Waals surface area (Å²) in [6.45, 7) is 3.80. The number of ether oxygens (including phenoxy) is 4. The number of benzene rings is 4. The largest absolute Gasteiger partial charge is 0.488 e. The molecule has 328 valence electrons. The second kappa shape index (κ2) is 17.8. The highest BCUT2D eigenvalue weighted by atomic mass is 16.6. The van der Waals surface area contributed by atoms with E-state index in [1.165, 1.54) is 14.2 Å². The number of amides is 3. The number of nitrogens with zero attached hydrogens (tertiary/aromatic N) is 4. The third-order valence-corrected chi connectivity index (χ3v) is 12.7. The molecule has 3 amide bonds. The van der Waals surface area contributed by atoms with Crippen LogP contribution < -0.4 is 15.5 Å². The molecule has 5 heterocycles. The van der Waals surface area contributed by atoms with Gasteiger partial charge in [0.05, 0.1) is 61.9 Å². The lowest BCUT2D eigenvalue weighted by Crippen LogP contribution is -2.52. The number of hydrogen-bond donors (Lipinski definition) is 4. The molecule has 16 nitrogen and oxygen atoms in total. The molecule has 0 unspecified atom stereocenters. The maximum atomic E-state index is 14.1. The third kappa shape index (κ3) is 7.99. The minimum Gasteiger partial charge on any atom is -0.488 e. The number of imidazole rings is 2. The van der Waals surface area contributed by atoms with Crippen LogP contribution in [0, 0.1) is 5.92 Å². The number of nitrogens with one attached hydrogen (secondary N) is 4. The van der Waals surface area contributed by atoms with E-state index in [0.717, 1.165) is 68.3 Å². The Kier molecular flexibility index (Phi) is 11.9. The van der Waals surface area contributed by atoms with Gasteiger partial charge in [-0.1, -0.05) is 48.5 Å². The van der Waals surface area contributed by atoms with Gasteiger partial charge in [-0.15, -0.1) is 0 Å². The van der Waals surface area contributed by atoms with Crippen molar-refractivity contribution < 1.29 is 38.2 Å². The van der Waals surface area contributed by atoms with Crippen molar-refractivity contribution >= 4 is 39.7 Å². The van der Waals surface area contributed by atoms with Crippen LogP contribution in [-0.2, 0) is 35.2 Å². The van der Waals surface area contributed by atoms with E-state index in [9.17, 15) is 14.4 Å². The number of alkyl carbamates (subject to hydrolysis) is 1. The molecule has 9 rings (SSSR count). The van der Waals surface area contributed by atoms with Gasteiger partial charge in [0.2, 0.25) is 5.91 Å². The van der Waals surface area contributed by atoms with Crippen molar-refractivity contribution in [3.63, 3.8) is 0 Å². The average Bonchev–Trinajstić information content (AvgIpc) is 4.15. The summed E-state index contributed by atoms with van der Waals surface area (Å²) in [7, 11) is 6.02. The van der Waals surface area contributed by atoms with E-state index in [2.05, 4.69) is 57.2 Å². The fourth-order valence-electron chi connectivity index (χ4n) is 9.45. The van der Waals surface area contributed by atoms with Crippen molar-refractivity contribution in [2.75, 3.05) is 48.1 Å². The number of aromatic nitrogens is 4. The molecule has 3 aliphatic rings. The zero-order valence-electron chi connectivity index (χ0n) is 36.0. The maximum absolute atomic E-state index is 14.1. The van der Waals surface area contributed by atoms with Crippen LogP contribution in [-0.4, -0.2) is 108 Å². The summed E-state index contributed by atoms with van der Waals surface area (Å²) in [6, 6.07) is 21.7. The van der Waals surface area contributed by atoms with E-state index < -0.39 is 24.3 Å². The zero-order valence-corrected chi connectivity index (χ0v) is 36.0. The first-order chi connectivity index (χ1) is 30.7. The minimum atomic E-state index is -0.901. The van der Waals surface area contributed by atoms with Gasteiger partial charge < -0.3 is 48.9 Å². The number of methoxy groups -OCH3 is 3. The average molecular weight is 857 g/mol. The molecular weight excluding hydrogens is 805 g/mol. The van der Waals surface area contributed by atoms with Gasteiger partial charge in [0.15, 0.2) is 0 Å². The van der Waals surface area contributed by atoms with Gasteiger partial charge >= 0.3 is 6.09 Å². The van der Waals surface area contributed by atoms with Crippen LogP contribution in [0.2, 0.25) is 0 Å². The van der Waals surface area contributed by atoms with Crippen molar-refractivity contribution in [3.05, 3.63) is 102 Å². The predicted molar refractivity (Wildman–Crippen MR) is 234 cm³/mol. The van der Waals surface area contributed by atoms with Crippen LogP contribution in [0.15, 0.2) is 79.0 Å². The topological polar surface area (TPSA) is 185 Å². The first kappa shape index (κ1) is 42.0. The summed E-state index contributed by atoms with van der Waals surface area (Å²) in [6.07, 6.45) is 2.96. The number of likely N-dealkylation sites (tertiary alicyclic amines) is 2. The number of aromatic amines is 2. The Morgan fingerprint density at radius 2 is 1.76 bits per heavy atom. The van der Waals surface area contributed by atoms with Crippen molar-refractivity contribution in [2.45, 2.75) is 63.1 Å². The first-order valence-corrected chi connectivity index (χ1v) is 21.3. The summed E-state index contributed by atoms with van der Waals surface area (Å²) >= 11 is 0. The molecule has 63 heavy (non-hydrogen) atoms. The zero-order chi connectivity index (χ0) is 43.8. The molecule has 2 aromatic heterocycles. The Morgan fingerprint density at radius 1 is 0.921 bits per heavy atom. The van der Waals surface area contributed by atoms with Crippen LogP contribution >= 0.6 is 0 Å². The molecule has 2 saturated heterocycles. The molecule has 3 aliphatic heterocycles. The molecule has 16 heteroatoms. The Balaban J connectivity index is 0.969.